The quantitative estimate of drug-likeness (QED) is 0.835. The standard InChI is InChI=1S/C16H18N4O4S/c21-13-2-1-9-20(11-13)25(23,24)14-5-3-12(4-6-14)19-16(22)15-10-17-7-8-18-15/h3-8,10,13,21H,1-2,9,11H2,(H,19,22). The summed E-state index contributed by atoms with van der Waals surface area (Å²) in [4.78, 5) is 19.9. The van der Waals surface area contributed by atoms with E-state index in [1.165, 1.54) is 47.2 Å². The average Bonchev–Trinajstić information content (AvgIpc) is 2.63. The van der Waals surface area contributed by atoms with Crippen molar-refractivity contribution in [2.75, 3.05) is 18.4 Å². The lowest BCUT2D eigenvalue weighted by Crippen LogP contribution is -2.42. The molecule has 1 aliphatic rings. The molecule has 2 N–H and O–H groups in total. The van der Waals surface area contributed by atoms with Crippen molar-refractivity contribution in [2.45, 2.75) is 23.8 Å². The van der Waals surface area contributed by atoms with Crippen molar-refractivity contribution in [3.8, 4) is 0 Å². The van der Waals surface area contributed by atoms with Crippen molar-refractivity contribution in [3.05, 3.63) is 48.5 Å². The molecule has 8 nitrogen and oxygen atoms in total. The molecule has 0 bridgehead atoms. The van der Waals surface area contributed by atoms with E-state index in [-0.39, 0.29) is 17.1 Å². The van der Waals surface area contributed by atoms with E-state index < -0.39 is 22.0 Å². The van der Waals surface area contributed by atoms with E-state index in [9.17, 15) is 18.3 Å². The van der Waals surface area contributed by atoms with Crippen LogP contribution in [0.4, 0.5) is 5.69 Å². The number of rotatable bonds is 4. The number of aliphatic hydroxyl groups is 1. The first-order chi connectivity index (χ1) is 12.0. The molecule has 1 aliphatic heterocycles. The number of benzene rings is 1. The van der Waals surface area contributed by atoms with E-state index in [2.05, 4.69) is 15.3 Å². The maximum absolute atomic E-state index is 12.6. The van der Waals surface area contributed by atoms with Crippen LogP contribution >= 0.6 is 0 Å². The molecule has 1 amide bonds. The van der Waals surface area contributed by atoms with Crippen LogP contribution in [0.15, 0.2) is 47.8 Å². The van der Waals surface area contributed by atoms with Crippen LogP contribution in [-0.2, 0) is 10.0 Å². The monoisotopic (exact) mass is 362 g/mol. The topological polar surface area (TPSA) is 112 Å². The fourth-order valence-corrected chi connectivity index (χ4v) is 4.13. The Morgan fingerprint density at radius 1 is 1.24 bits per heavy atom. The maximum Gasteiger partial charge on any atom is 0.275 e. The number of sulfonamides is 1. The number of amides is 1. The van der Waals surface area contributed by atoms with Crippen LogP contribution in [0.3, 0.4) is 0 Å². The van der Waals surface area contributed by atoms with Gasteiger partial charge in [-0.05, 0) is 37.1 Å². The maximum atomic E-state index is 12.6. The number of anilines is 1. The normalized spacial score (nSPS) is 18.7. The first-order valence-electron chi connectivity index (χ1n) is 7.82. The smallest absolute Gasteiger partial charge is 0.275 e. The number of carbonyl (C=O) groups is 1. The Labute approximate surface area is 145 Å². The van der Waals surface area contributed by atoms with E-state index in [4.69, 9.17) is 0 Å². The van der Waals surface area contributed by atoms with Gasteiger partial charge in [0.1, 0.15) is 5.69 Å². The zero-order valence-corrected chi connectivity index (χ0v) is 14.2. The van der Waals surface area contributed by atoms with E-state index in [1.54, 1.807) is 0 Å². The van der Waals surface area contributed by atoms with Gasteiger partial charge < -0.3 is 10.4 Å². The van der Waals surface area contributed by atoms with Crippen LogP contribution < -0.4 is 5.32 Å². The third kappa shape index (κ3) is 4.01. The molecular formula is C16H18N4O4S. The third-order valence-electron chi connectivity index (χ3n) is 3.91. The van der Waals surface area contributed by atoms with Gasteiger partial charge >= 0.3 is 0 Å². The minimum absolute atomic E-state index is 0.105. The molecule has 2 heterocycles. The number of nitrogens with one attached hydrogen (secondary N) is 1. The summed E-state index contributed by atoms with van der Waals surface area (Å²) in [5.41, 5.74) is 0.620. The zero-order valence-electron chi connectivity index (χ0n) is 13.4. The second kappa shape index (κ2) is 7.26. The van der Waals surface area contributed by atoms with Crippen LogP contribution in [0.1, 0.15) is 23.3 Å². The molecule has 1 unspecified atom stereocenters. The number of hydrogen-bond donors (Lipinski definition) is 2. The van der Waals surface area contributed by atoms with Gasteiger partial charge in [0.2, 0.25) is 10.0 Å². The molecule has 132 valence electrons. The molecule has 1 atom stereocenters. The van der Waals surface area contributed by atoms with Crippen LogP contribution in [0, 0.1) is 0 Å². The Kier molecular flexibility index (Phi) is 5.07. The van der Waals surface area contributed by atoms with E-state index in [0.29, 0.717) is 25.1 Å². The summed E-state index contributed by atoms with van der Waals surface area (Å²) >= 11 is 0. The number of carbonyl (C=O) groups excluding carboxylic acids is 1. The number of nitrogens with zero attached hydrogens (tertiary/aromatic N) is 3. The highest BCUT2D eigenvalue weighted by Gasteiger charge is 2.29. The summed E-state index contributed by atoms with van der Waals surface area (Å²) in [5.74, 6) is -0.428. The van der Waals surface area contributed by atoms with E-state index >= 15 is 0 Å². The Bertz CT molecular complexity index is 840. The average molecular weight is 362 g/mol. The summed E-state index contributed by atoms with van der Waals surface area (Å²) in [6.07, 6.45) is 4.84. The second-order valence-electron chi connectivity index (χ2n) is 5.73. The highest BCUT2D eigenvalue weighted by atomic mass is 32.2. The number of hydrogen-bond acceptors (Lipinski definition) is 6. The first-order valence-corrected chi connectivity index (χ1v) is 9.26. The molecule has 3 rings (SSSR count). The number of aromatic nitrogens is 2. The second-order valence-corrected chi connectivity index (χ2v) is 7.67. The molecule has 2 aromatic rings. The SMILES string of the molecule is O=C(Nc1ccc(S(=O)(=O)N2CCCC(O)C2)cc1)c1cnccn1. The lowest BCUT2D eigenvalue weighted by molar-refractivity contribution is 0.102. The fourth-order valence-electron chi connectivity index (χ4n) is 2.61. The van der Waals surface area contributed by atoms with E-state index in [1.807, 2.05) is 0 Å². The molecule has 1 aromatic heterocycles. The summed E-state index contributed by atoms with van der Waals surface area (Å²) < 4.78 is 26.5. The molecule has 0 saturated carbocycles. The third-order valence-corrected chi connectivity index (χ3v) is 5.78. The van der Waals surface area contributed by atoms with Gasteiger partial charge in [-0.15, -0.1) is 0 Å². The van der Waals surface area contributed by atoms with Crippen molar-refractivity contribution < 1.29 is 18.3 Å². The molecule has 0 spiro atoms. The van der Waals surface area contributed by atoms with Crippen LogP contribution in [-0.4, -0.2) is 52.9 Å². The molecule has 0 aliphatic carbocycles. The van der Waals surface area contributed by atoms with Crippen LogP contribution in [0.2, 0.25) is 0 Å². The van der Waals surface area contributed by atoms with Gasteiger partial charge in [-0.2, -0.15) is 4.31 Å². The minimum Gasteiger partial charge on any atom is -0.392 e. The van der Waals surface area contributed by atoms with Gasteiger partial charge in [0, 0.05) is 31.2 Å². The summed E-state index contributed by atoms with van der Waals surface area (Å²) in [5, 5.41) is 12.3. The number of β-amino-alcohol motifs (C(OH)–C–C–N with tert-alkyl or cyclic N) is 1. The van der Waals surface area contributed by atoms with Crippen LogP contribution in [0.5, 0.6) is 0 Å². The lowest BCUT2D eigenvalue weighted by atomic mass is 10.1. The summed E-state index contributed by atoms with van der Waals surface area (Å²) in [6, 6.07) is 5.90. The highest BCUT2D eigenvalue weighted by Crippen LogP contribution is 2.22. The van der Waals surface area contributed by atoms with Gasteiger partial charge in [0.25, 0.3) is 5.91 Å². The fraction of sp³-hybridized carbons (Fsp3) is 0.312. The number of piperidine rings is 1. The van der Waals surface area contributed by atoms with Gasteiger partial charge in [0.15, 0.2) is 0 Å². The van der Waals surface area contributed by atoms with E-state index in [0.717, 1.165) is 0 Å². The largest absolute Gasteiger partial charge is 0.392 e. The Morgan fingerprint density at radius 3 is 2.64 bits per heavy atom. The molecule has 1 saturated heterocycles. The van der Waals surface area contributed by atoms with Crippen LogP contribution in [0.25, 0.3) is 0 Å². The van der Waals surface area contributed by atoms with Crippen molar-refractivity contribution in [2.24, 2.45) is 0 Å². The molecule has 9 heteroatoms. The summed E-state index contributed by atoms with van der Waals surface area (Å²) in [7, 11) is -3.65. The predicted octanol–water partition coefficient (Wildman–Crippen LogP) is 0.874. The molecule has 0 radical (unpaired) electrons. The summed E-state index contributed by atoms with van der Waals surface area (Å²) in [6.45, 7) is 0.498. The number of aliphatic hydroxyl groups excluding tert-OH is 1. The first kappa shape index (κ1) is 17.5. The Balaban J connectivity index is 1.72. The highest BCUT2D eigenvalue weighted by molar-refractivity contribution is 7.89. The minimum atomic E-state index is -3.65. The lowest BCUT2D eigenvalue weighted by Gasteiger charge is -2.29. The van der Waals surface area contributed by atoms with Crippen molar-refractivity contribution in [1.29, 1.82) is 0 Å². The van der Waals surface area contributed by atoms with Gasteiger partial charge in [-0.3, -0.25) is 9.78 Å². The molecule has 1 fully saturated rings. The molecular weight excluding hydrogens is 344 g/mol. The van der Waals surface area contributed by atoms with Gasteiger partial charge in [-0.25, -0.2) is 13.4 Å². The zero-order chi connectivity index (χ0) is 17.9. The Hall–Kier alpha value is -2.36. The molecule has 1 aromatic carbocycles. The van der Waals surface area contributed by atoms with Crippen molar-refractivity contribution in [1.82, 2.24) is 14.3 Å². The van der Waals surface area contributed by atoms with Crippen molar-refractivity contribution >= 4 is 21.6 Å². The van der Waals surface area contributed by atoms with Gasteiger partial charge in [0.05, 0.1) is 17.2 Å². The predicted molar refractivity (Wildman–Crippen MR) is 90.4 cm³/mol. The van der Waals surface area contributed by atoms with Gasteiger partial charge in [-0.1, -0.05) is 0 Å². The Morgan fingerprint density at radius 2 is 2.00 bits per heavy atom. The van der Waals surface area contributed by atoms with Crippen molar-refractivity contribution in [3.63, 3.8) is 0 Å². The molecule has 25 heavy (non-hydrogen) atoms.